The second-order valence-corrected chi connectivity index (χ2v) is 3.67. The maximum atomic E-state index is 11.6. The summed E-state index contributed by atoms with van der Waals surface area (Å²) in [5, 5.41) is 20.2. The molecule has 0 bridgehead atoms. The molecule has 1 atom stereocenters. The van der Waals surface area contributed by atoms with Crippen LogP contribution < -0.4 is 5.32 Å². The normalized spacial score (nSPS) is 23.4. The summed E-state index contributed by atoms with van der Waals surface area (Å²) in [7, 11) is 0. The lowest BCUT2D eigenvalue weighted by atomic mass is 9.92. The Kier molecular flexibility index (Phi) is 4.04. The Morgan fingerprint density at radius 2 is 1.94 bits per heavy atom. The second kappa shape index (κ2) is 5.31. The van der Waals surface area contributed by atoms with E-state index in [9.17, 15) is 14.4 Å². The minimum atomic E-state index is -1.71. The monoisotopic (exact) mass is 251 g/mol. The standard InChI is InChI=1S/C12H13NO5/c1-3-5-7-6(4-2)9(13-10(7)14)8(11(15)16)12(17)18/h3-5,8-9H,1H2,2H3,(H,13,14)(H,15,16)(H,17,18)/b6-4+,7-5+. The summed E-state index contributed by atoms with van der Waals surface area (Å²) >= 11 is 0. The molecule has 1 saturated heterocycles. The Balaban J connectivity index is 3.23. The molecule has 0 aromatic heterocycles. The summed E-state index contributed by atoms with van der Waals surface area (Å²) < 4.78 is 0. The second-order valence-electron chi connectivity index (χ2n) is 3.67. The number of rotatable bonds is 4. The smallest absolute Gasteiger partial charge is 0.320 e. The van der Waals surface area contributed by atoms with Crippen LogP contribution in [0.25, 0.3) is 0 Å². The van der Waals surface area contributed by atoms with Gasteiger partial charge in [-0.05, 0) is 18.6 Å². The minimum absolute atomic E-state index is 0.241. The molecule has 0 spiro atoms. The van der Waals surface area contributed by atoms with Gasteiger partial charge in [0, 0.05) is 5.57 Å². The molecule has 96 valence electrons. The van der Waals surface area contributed by atoms with E-state index in [1.807, 2.05) is 0 Å². The third kappa shape index (κ3) is 2.32. The first-order valence-electron chi connectivity index (χ1n) is 5.19. The molecule has 6 heteroatoms. The Hall–Kier alpha value is -2.37. The molecule has 1 heterocycles. The van der Waals surface area contributed by atoms with Gasteiger partial charge < -0.3 is 15.5 Å². The van der Waals surface area contributed by atoms with E-state index in [4.69, 9.17) is 10.2 Å². The van der Waals surface area contributed by atoms with E-state index in [2.05, 4.69) is 11.9 Å². The molecule has 1 fully saturated rings. The molecule has 18 heavy (non-hydrogen) atoms. The van der Waals surface area contributed by atoms with E-state index in [-0.39, 0.29) is 5.57 Å². The maximum absolute atomic E-state index is 11.6. The van der Waals surface area contributed by atoms with Gasteiger partial charge in [-0.25, -0.2) is 0 Å². The van der Waals surface area contributed by atoms with E-state index in [0.29, 0.717) is 5.57 Å². The number of carbonyl (C=O) groups is 3. The Labute approximate surface area is 103 Å². The van der Waals surface area contributed by atoms with Crippen LogP contribution in [0.4, 0.5) is 0 Å². The Morgan fingerprint density at radius 1 is 1.39 bits per heavy atom. The number of nitrogens with one attached hydrogen (secondary N) is 1. The van der Waals surface area contributed by atoms with Crippen LogP contribution in [0.3, 0.4) is 0 Å². The number of allylic oxidation sites excluding steroid dienone is 3. The highest BCUT2D eigenvalue weighted by molar-refractivity contribution is 6.05. The molecule has 1 aliphatic heterocycles. The molecule has 0 radical (unpaired) electrons. The van der Waals surface area contributed by atoms with Gasteiger partial charge in [0.05, 0.1) is 6.04 Å². The van der Waals surface area contributed by atoms with Crippen molar-refractivity contribution >= 4 is 17.8 Å². The molecule has 1 amide bonds. The van der Waals surface area contributed by atoms with E-state index in [1.165, 1.54) is 18.2 Å². The van der Waals surface area contributed by atoms with Crippen LogP contribution in [0.2, 0.25) is 0 Å². The van der Waals surface area contributed by atoms with E-state index in [1.54, 1.807) is 6.92 Å². The Bertz CT molecular complexity index is 461. The van der Waals surface area contributed by atoms with Gasteiger partial charge >= 0.3 is 11.9 Å². The van der Waals surface area contributed by atoms with Crippen molar-refractivity contribution in [1.29, 1.82) is 0 Å². The van der Waals surface area contributed by atoms with Gasteiger partial charge in [0.25, 0.3) is 5.91 Å². The highest BCUT2D eigenvalue weighted by atomic mass is 16.4. The molecule has 1 aliphatic rings. The highest BCUT2D eigenvalue weighted by Gasteiger charge is 2.43. The number of carboxylic acids is 2. The van der Waals surface area contributed by atoms with Gasteiger partial charge in [-0.3, -0.25) is 14.4 Å². The molecule has 0 aromatic rings. The molecular weight excluding hydrogens is 238 g/mol. The van der Waals surface area contributed by atoms with Gasteiger partial charge in [-0.15, -0.1) is 0 Å². The first-order valence-corrected chi connectivity index (χ1v) is 5.19. The molecule has 1 unspecified atom stereocenters. The van der Waals surface area contributed by atoms with Crippen LogP contribution in [-0.2, 0) is 14.4 Å². The number of hydrogen-bond acceptors (Lipinski definition) is 3. The molecule has 0 saturated carbocycles. The van der Waals surface area contributed by atoms with Crippen molar-refractivity contribution in [3.63, 3.8) is 0 Å². The number of carboxylic acid groups (broad SMARTS) is 2. The van der Waals surface area contributed by atoms with Crippen LogP contribution in [-0.4, -0.2) is 34.1 Å². The topological polar surface area (TPSA) is 104 Å². The van der Waals surface area contributed by atoms with Crippen LogP contribution in [0.1, 0.15) is 6.92 Å². The zero-order valence-corrected chi connectivity index (χ0v) is 9.71. The largest absolute Gasteiger partial charge is 0.481 e. The predicted octanol–water partition coefficient (Wildman–Crippen LogP) is 0.329. The minimum Gasteiger partial charge on any atom is -0.481 e. The van der Waals surface area contributed by atoms with Gasteiger partial charge in [0.1, 0.15) is 0 Å². The zero-order chi connectivity index (χ0) is 13.9. The molecule has 6 nitrogen and oxygen atoms in total. The molecule has 0 aromatic carbocycles. The van der Waals surface area contributed by atoms with Crippen molar-refractivity contribution < 1.29 is 24.6 Å². The van der Waals surface area contributed by atoms with Crippen molar-refractivity contribution in [2.75, 3.05) is 0 Å². The Morgan fingerprint density at radius 3 is 2.33 bits per heavy atom. The fraction of sp³-hybridized carbons (Fsp3) is 0.250. The lowest BCUT2D eigenvalue weighted by Gasteiger charge is -2.16. The zero-order valence-electron chi connectivity index (χ0n) is 9.71. The van der Waals surface area contributed by atoms with Crippen molar-refractivity contribution in [2.24, 2.45) is 5.92 Å². The van der Waals surface area contributed by atoms with Gasteiger partial charge in [0.15, 0.2) is 5.92 Å². The lowest BCUT2D eigenvalue weighted by molar-refractivity contribution is -0.155. The third-order valence-electron chi connectivity index (χ3n) is 2.64. The number of aliphatic carboxylic acids is 2. The van der Waals surface area contributed by atoms with Gasteiger partial charge in [0.2, 0.25) is 0 Å². The third-order valence-corrected chi connectivity index (χ3v) is 2.64. The number of amides is 1. The van der Waals surface area contributed by atoms with Crippen LogP contribution in [0.15, 0.2) is 36.0 Å². The van der Waals surface area contributed by atoms with E-state index >= 15 is 0 Å². The molecule has 1 rings (SSSR count). The van der Waals surface area contributed by atoms with Crippen molar-refractivity contribution in [3.8, 4) is 0 Å². The summed E-state index contributed by atoms with van der Waals surface area (Å²) in [5.41, 5.74) is 0.597. The first kappa shape index (κ1) is 13.7. The average Bonchev–Trinajstić information content (AvgIpc) is 2.55. The van der Waals surface area contributed by atoms with Crippen LogP contribution in [0, 0.1) is 5.92 Å². The lowest BCUT2D eigenvalue weighted by Crippen LogP contribution is -2.42. The van der Waals surface area contributed by atoms with Crippen molar-refractivity contribution in [1.82, 2.24) is 5.32 Å². The molecule has 3 N–H and O–H groups in total. The van der Waals surface area contributed by atoms with Gasteiger partial charge in [-0.2, -0.15) is 0 Å². The summed E-state index contributed by atoms with van der Waals surface area (Å²) in [6.45, 7) is 5.06. The maximum Gasteiger partial charge on any atom is 0.320 e. The first-order chi connectivity index (χ1) is 8.43. The SMILES string of the molecule is C=C/C=C1/C(=O)NC(C(C(=O)O)C(=O)O)/C1=C/C. The number of carbonyl (C=O) groups excluding carboxylic acids is 1. The molecular formula is C12H13NO5. The fourth-order valence-corrected chi connectivity index (χ4v) is 1.87. The summed E-state index contributed by atoms with van der Waals surface area (Å²) in [5.74, 6) is -5.20. The summed E-state index contributed by atoms with van der Waals surface area (Å²) in [4.78, 5) is 33.6. The fourth-order valence-electron chi connectivity index (χ4n) is 1.87. The number of hydrogen-bond donors (Lipinski definition) is 3. The quantitative estimate of drug-likeness (QED) is 0.493. The van der Waals surface area contributed by atoms with Crippen molar-refractivity contribution in [3.05, 3.63) is 36.0 Å². The summed E-state index contributed by atoms with van der Waals surface area (Å²) in [6, 6.07) is -1.07. The van der Waals surface area contributed by atoms with Gasteiger partial charge in [-0.1, -0.05) is 18.7 Å². The van der Waals surface area contributed by atoms with E-state index in [0.717, 1.165) is 0 Å². The highest BCUT2D eigenvalue weighted by Crippen LogP contribution is 2.27. The molecule has 0 aliphatic carbocycles. The van der Waals surface area contributed by atoms with Crippen molar-refractivity contribution in [2.45, 2.75) is 13.0 Å². The van der Waals surface area contributed by atoms with E-state index < -0.39 is 29.8 Å². The van der Waals surface area contributed by atoms with Crippen LogP contribution >= 0.6 is 0 Å². The average molecular weight is 251 g/mol. The van der Waals surface area contributed by atoms with Crippen LogP contribution in [0.5, 0.6) is 0 Å². The summed E-state index contributed by atoms with van der Waals surface area (Å²) in [6.07, 6.45) is 4.33. The predicted molar refractivity (Wildman–Crippen MR) is 62.7 cm³/mol.